The average Bonchev–Trinajstić information content (AvgIpc) is 2.79. The van der Waals surface area contributed by atoms with Gasteiger partial charge in [0, 0.05) is 30.5 Å². The summed E-state index contributed by atoms with van der Waals surface area (Å²) >= 11 is 3.43. The molecule has 0 aromatic heterocycles. The molecule has 0 amide bonds. The van der Waals surface area contributed by atoms with Gasteiger partial charge in [0.25, 0.3) is 10.2 Å². The van der Waals surface area contributed by atoms with Crippen molar-refractivity contribution < 1.29 is 8.42 Å². The average molecular weight is 339 g/mol. The largest absolute Gasteiger partial charge is 0.282 e. The number of nitrogens with zero attached hydrogens (tertiary/aromatic N) is 2. The molecule has 2 unspecified atom stereocenters. The summed E-state index contributed by atoms with van der Waals surface area (Å²) in [4.78, 5) is 0. The third-order valence-corrected chi connectivity index (χ3v) is 6.77. The van der Waals surface area contributed by atoms with E-state index in [4.69, 9.17) is 0 Å². The van der Waals surface area contributed by atoms with E-state index in [1.807, 2.05) is 6.92 Å². The van der Waals surface area contributed by atoms with Crippen LogP contribution in [0.5, 0.6) is 0 Å². The second kappa shape index (κ2) is 6.20. The van der Waals surface area contributed by atoms with Crippen LogP contribution in [0.3, 0.4) is 0 Å². The predicted octanol–water partition coefficient (Wildman–Crippen LogP) is 2.36. The van der Waals surface area contributed by atoms with Crippen molar-refractivity contribution >= 4 is 26.1 Å². The first kappa shape index (κ1) is 14.8. The summed E-state index contributed by atoms with van der Waals surface area (Å²) in [5.41, 5.74) is 0. The summed E-state index contributed by atoms with van der Waals surface area (Å²) < 4.78 is 28.9. The molecule has 2 fully saturated rings. The van der Waals surface area contributed by atoms with Crippen molar-refractivity contribution in [3.8, 4) is 0 Å². The van der Waals surface area contributed by atoms with Gasteiger partial charge in [-0.25, -0.2) is 0 Å². The van der Waals surface area contributed by atoms with Gasteiger partial charge in [0.2, 0.25) is 0 Å². The van der Waals surface area contributed by atoms with Crippen LogP contribution in [0.25, 0.3) is 0 Å². The molecular formula is C12H23BrN2O2S. The van der Waals surface area contributed by atoms with Crippen LogP contribution in [0.1, 0.15) is 45.4 Å². The van der Waals surface area contributed by atoms with E-state index in [9.17, 15) is 8.42 Å². The van der Waals surface area contributed by atoms with Crippen LogP contribution in [-0.2, 0) is 10.2 Å². The zero-order valence-corrected chi connectivity index (χ0v) is 13.4. The fourth-order valence-electron chi connectivity index (χ4n) is 3.08. The molecule has 6 heteroatoms. The molecule has 0 spiro atoms. The molecule has 0 saturated carbocycles. The van der Waals surface area contributed by atoms with Crippen molar-refractivity contribution in [2.75, 3.05) is 18.4 Å². The number of halogens is 1. The standard InChI is InChI=1S/C12H23BrN2O2S/c1-11-5-2-3-9-14(11)18(16,17)15-10-4-6-12(15)7-8-13/h11-12H,2-10H2,1H3. The van der Waals surface area contributed by atoms with Gasteiger partial charge in [-0.3, -0.25) is 0 Å². The van der Waals surface area contributed by atoms with E-state index < -0.39 is 10.2 Å². The molecule has 18 heavy (non-hydrogen) atoms. The summed E-state index contributed by atoms with van der Waals surface area (Å²) in [6.45, 7) is 3.43. The third-order valence-electron chi connectivity index (χ3n) is 4.10. The highest BCUT2D eigenvalue weighted by Crippen LogP contribution is 2.29. The molecule has 4 nitrogen and oxygen atoms in total. The summed E-state index contributed by atoms with van der Waals surface area (Å²) in [7, 11) is -3.24. The maximum absolute atomic E-state index is 12.7. The molecule has 106 valence electrons. The second-order valence-corrected chi connectivity index (χ2v) is 7.97. The van der Waals surface area contributed by atoms with Crippen LogP contribution in [-0.4, -0.2) is 47.5 Å². The Morgan fingerprint density at radius 2 is 1.83 bits per heavy atom. The molecule has 0 aromatic rings. The topological polar surface area (TPSA) is 40.6 Å². The van der Waals surface area contributed by atoms with Gasteiger partial charge in [0.15, 0.2) is 0 Å². The van der Waals surface area contributed by atoms with E-state index in [1.54, 1.807) is 8.61 Å². The highest BCUT2D eigenvalue weighted by Gasteiger charge is 2.39. The van der Waals surface area contributed by atoms with Crippen LogP contribution in [0, 0.1) is 0 Å². The predicted molar refractivity (Wildman–Crippen MR) is 77.1 cm³/mol. The molecule has 0 aromatic carbocycles. The normalized spacial score (nSPS) is 31.9. The molecular weight excluding hydrogens is 316 g/mol. The molecule has 2 aliphatic heterocycles. The van der Waals surface area contributed by atoms with Gasteiger partial charge >= 0.3 is 0 Å². The number of piperidine rings is 1. The van der Waals surface area contributed by atoms with Gasteiger partial charge in [0.05, 0.1) is 0 Å². The quantitative estimate of drug-likeness (QED) is 0.738. The molecule has 0 radical (unpaired) electrons. The lowest BCUT2D eigenvalue weighted by Gasteiger charge is -2.37. The molecule has 2 atom stereocenters. The monoisotopic (exact) mass is 338 g/mol. The van der Waals surface area contributed by atoms with Crippen molar-refractivity contribution in [3.63, 3.8) is 0 Å². The lowest BCUT2D eigenvalue weighted by molar-refractivity contribution is 0.240. The maximum Gasteiger partial charge on any atom is 0.282 e. The third kappa shape index (κ3) is 2.92. The minimum atomic E-state index is -3.24. The van der Waals surface area contributed by atoms with E-state index in [1.165, 1.54) is 0 Å². The Morgan fingerprint density at radius 3 is 2.50 bits per heavy atom. The van der Waals surface area contributed by atoms with Crippen LogP contribution < -0.4 is 0 Å². The highest BCUT2D eigenvalue weighted by molar-refractivity contribution is 9.09. The van der Waals surface area contributed by atoms with Gasteiger partial charge in [-0.05, 0) is 39.0 Å². The van der Waals surface area contributed by atoms with Crippen LogP contribution in [0.2, 0.25) is 0 Å². The first-order valence-corrected chi connectivity index (χ1v) is 9.44. The zero-order valence-electron chi connectivity index (χ0n) is 11.0. The van der Waals surface area contributed by atoms with E-state index in [-0.39, 0.29) is 12.1 Å². The van der Waals surface area contributed by atoms with E-state index in [0.717, 1.165) is 43.9 Å². The van der Waals surface area contributed by atoms with Gasteiger partial charge in [-0.15, -0.1) is 0 Å². The van der Waals surface area contributed by atoms with E-state index in [0.29, 0.717) is 13.1 Å². The fourth-order valence-corrected chi connectivity index (χ4v) is 5.74. The summed E-state index contributed by atoms with van der Waals surface area (Å²) in [6.07, 6.45) is 6.07. The zero-order chi connectivity index (χ0) is 13.2. The first-order valence-electron chi connectivity index (χ1n) is 6.92. The Bertz CT molecular complexity index is 374. The van der Waals surface area contributed by atoms with Crippen molar-refractivity contribution in [1.29, 1.82) is 0 Å². The van der Waals surface area contributed by atoms with Crippen molar-refractivity contribution in [2.45, 2.75) is 57.5 Å². The Balaban J connectivity index is 2.14. The number of alkyl halides is 1. The lowest BCUT2D eigenvalue weighted by Crippen LogP contribution is -2.51. The lowest BCUT2D eigenvalue weighted by atomic mass is 10.1. The van der Waals surface area contributed by atoms with Crippen molar-refractivity contribution in [1.82, 2.24) is 8.61 Å². The number of rotatable bonds is 4. The van der Waals surface area contributed by atoms with Gasteiger partial charge in [-0.2, -0.15) is 17.0 Å². The summed E-state index contributed by atoms with van der Waals surface area (Å²) in [5, 5.41) is 0.874. The van der Waals surface area contributed by atoms with Crippen LogP contribution in [0.15, 0.2) is 0 Å². The fraction of sp³-hybridized carbons (Fsp3) is 1.00. The molecule has 0 bridgehead atoms. The molecule has 0 aliphatic carbocycles. The van der Waals surface area contributed by atoms with Gasteiger partial charge in [-0.1, -0.05) is 22.4 Å². The molecule has 2 saturated heterocycles. The SMILES string of the molecule is CC1CCCCN1S(=O)(=O)N1CCCC1CCBr. The number of hydrogen-bond donors (Lipinski definition) is 0. The minimum absolute atomic E-state index is 0.161. The Kier molecular flexibility index (Phi) is 5.08. The molecule has 2 rings (SSSR count). The van der Waals surface area contributed by atoms with E-state index in [2.05, 4.69) is 15.9 Å². The van der Waals surface area contributed by atoms with Gasteiger partial charge < -0.3 is 0 Å². The van der Waals surface area contributed by atoms with Crippen LogP contribution >= 0.6 is 15.9 Å². The second-order valence-electron chi connectivity index (χ2n) is 5.35. The maximum atomic E-state index is 12.7. The summed E-state index contributed by atoms with van der Waals surface area (Å²) in [6, 6.07) is 0.359. The Hall–Kier alpha value is 0.350. The molecule has 0 N–H and O–H groups in total. The number of hydrogen-bond acceptors (Lipinski definition) is 2. The Labute approximate surface area is 119 Å². The smallest absolute Gasteiger partial charge is 0.195 e. The van der Waals surface area contributed by atoms with Crippen molar-refractivity contribution in [2.24, 2.45) is 0 Å². The molecule has 2 heterocycles. The minimum Gasteiger partial charge on any atom is -0.195 e. The van der Waals surface area contributed by atoms with E-state index >= 15 is 0 Å². The molecule has 2 aliphatic rings. The van der Waals surface area contributed by atoms with Crippen LogP contribution in [0.4, 0.5) is 0 Å². The van der Waals surface area contributed by atoms with Crippen molar-refractivity contribution in [3.05, 3.63) is 0 Å². The summed E-state index contributed by atoms with van der Waals surface area (Å²) in [5.74, 6) is 0. The van der Waals surface area contributed by atoms with Gasteiger partial charge in [0.1, 0.15) is 0 Å². The Morgan fingerprint density at radius 1 is 1.11 bits per heavy atom. The first-order chi connectivity index (χ1) is 8.57. The highest BCUT2D eigenvalue weighted by atomic mass is 79.9.